The Morgan fingerprint density at radius 3 is 2.39 bits per heavy atom. The Morgan fingerprint density at radius 1 is 0.902 bits per heavy atom. The fourth-order valence-corrected chi connectivity index (χ4v) is 6.95. The maximum absolute atomic E-state index is 13.5. The summed E-state index contributed by atoms with van der Waals surface area (Å²) in [6.07, 6.45) is 2.14. The van der Waals surface area contributed by atoms with Gasteiger partial charge in [-0.25, -0.2) is 9.59 Å². The van der Waals surface area contributed by atoms with Crippen molar-refractivity contribution in [2.24, 2.45) is 5.92 Å². The number of hydrogen-bond donors (Lipinski definition) is 3. The minimum Gasteiger partial charge on any atom is -0.492 e. The molecule has 0 spiro atoms. The van der Waals surface area contributed by atoms with Crippen LogP contribution in [0.2, 0.25) is 0 Å². The molecule has 0 aliphatic carbocycles. The van der Waals surface area contributed by atoms with E-state index in [1.807, 2.05) is 28.0 Å². The lowest BCUT2D eigenvalue weighted by Gasteiger charge is -2.44. The minimum absolute atomic E-state index is 0.0265. The van der Waals surface area contributed by atoms with Crippen LogP contribution in [0.1, 0.15) is 63.5 Å². The zero-order chi connectivity index (χ0) is 36.2. The number of carbonyl (C=O) groups is 4. The molecule has 2 aromatic rings. The molecule has 0 aromatic heterocycles. The van der Waals surface area contributed by atoms with Crippen molar-refractivity contribution in [1.29, 1.82) is 0 Å². The molecule has 5 rings (SSSR count). The quantitative estimate of drug-likeness (QED) is 0.268. The summed E-state index contributed by atoms with van der Waals surface area (Å²) in [5.41, 5.74) is 1.82. The molecule has 2 unspecified atom stereocenters. The van der Waals surface area contributed by atoms with E-state index in [4.69, 9.17) is 18.9 Å². The van der Waals surface area contributed by atoms with E-state index in [1.54, 1.807) is 20.8 Å². The maximum Gasteiger partial charge on any atom is 0.407 e. The smallest absolute Gasteiger partial charge is 0.407 e. The SMILES string of the molecule is CC(C)(C)OC(=O)NCCOCCC(=O)NCCOc1cccc(C(c2ccccc2)C2CCN(C(=O)N3CCC4OCC(=O)N[C@@H]4C3)CC2)c1. The molecule has 278 valence electrons. The summed E-state index contributed by atoms with van der Waals surface area (Å²) in [6.45, 7) is 9.43. The second-order valence-electron chi connectivity index (χ2n) is 14.3. The van der Waals surface area contributed by atoms with Gasteiger partial charge in [-0.15, -0.1) is 0 Å². The first-order valence-electron chi connectivity index (χ1n) is 18.1. The third kappa shape index (κ3) is 11.6. The molecule has 2 aromatic carbocycles. The van der Waals surface area contributed by atoms with Gasteiger partial charge in [0, 0.05) is 45.1 Å². The Hall–Kier alpha value is -4.36. The zero-order valence-electron chi connectivity index (χ0n) is 30.1. The van der Waals surface area contributed by atoms with E-state index in [1.165, 1.54) is 5.56 Å². The Kier molecular flexibility index (Phi) is 13.5. The number of piperidine rings is 2. The van der Waals surface area contributed by atoms with Crippen LogP contribution in [0.15, 0.2) is 54.6 Å². The zero-order valence-corrected chi connectivity index (χ0v) is 30.1. The number of ether oxygens (including phenoxy) is 4. The van der Waals surface area contributed by atoms with Crippen LogP contribution < -0.4 is 20.7 Å². The molecule has 3 fully saturated rings. The Balaban J connectivity index is 1.06. The van der Waals surface area contributed by atoms with Gasteiger partial charge < -0.3 is 44.7 Å². The molecule has 0 bridgehead atoms. The third-order valence-corrected chi connectivity index (χ3v) is 9.33. The summed E-state index contributed by atoms with van der Waals surface area (Å²) in [6, 6.07) is 18.5. The first-order valence-corrected chi connectivity index (χ1v) is 18.1. The maximum atomic E-state index is 13.5. The first-order chi connectivity index (χ1) is 24.6. The molecule has 51 heavy (non-hydrogen) atoms. The lowest BCUT2D eigenvalue weighted by molar-refractivity contribution is -0.139. The molecule has 5 amide bonds. The standard InChI is InChI=1S/C38H53N5O8/c1-38(2,3)51-36(46)40-16-22-48-21-15-33(44)39-17-23-49-30-11-7-10-29(24-30)35(27-8-5-4-6-9-27)28-12-18-42(19-13-28)37(47)43-20-14-32-31(25-43)41-34(45)26-50-32/h4-11,24,28,31-32,35H,12-23,25-26H2,1-3H3,(H,39,44)(H,40,46)(H,41,45)/t31-,32?,35?/m1/s1. The van der Waals surface area contributed by atoms with Gasteiger partial charge in [0.05, 0.1) is 31.9 Å². The van der Waals surface area contributed by atoms with Crippen molar-refractivity contribution in [3.8, 4) is 5.75 Å². The van der Waals surface area contributed by atoms with Crippen LogP contribution in [0, 0.1) is 5.92 Å². The number of likely N-dealkylation sites (tertiary alicyclic amines) is 2. The van der Waals surface area contributed by atoms with Crippen molar-refractivity contribution >= 4 is 23.9 Å². The average molecular weight is 708 g/mol. The number of amides is 5. The number of hydrogen-bond acceptors (Lipinski definition) is 8. The number of fused-ring (bicyclic) bond motifs is 1. The lowest BCUT2D eigenvalue weighted by atomic mass is 9.76. The molecular weight excluding hydrogens is 654 g/mol. The summed E-state index contributed by atoms with van der Waals surface area (Å²) in [5.74, 6) is 0.939. The van der Waals surface area contributed by atoms with Gasteiger partial charge in [-0.1, -0.05) is 42.5 Å². The normalized spacial score (nSPS) is 20.1. The van der Waals surface area contributed by atoms with Crippen LogP contribution in [0.3, 0.4) is 0 Å². The van der Waals surface area contributed by atoms with Crippen molar-refractivity contribution in [2.45, 2.75) is 70.1 Å². The second kappa shape index (κ2) is 18.2. The number of benzene rings is 2. The second-order valence-corrected chi connectivity index (χ2v) is 14.3. The molecule has 3 aliphatic rings. The fourth-order valence-electron chi connectivity index (χ4n) is 6.95. The van der Waals surface area contributed by atoms with Gasteiger partial charge in [-0.05, 0) is 69.2 Å². The number of carbonyl (C=O) groups excluding carboxylic acids is 4. The minimum atomic E-state index is -0.559. The molecule has 3 N–H and O–H groups in total. The predicted molar refractivity (Wildman–Crippen MR) is 190 cm³/mol. The molecule has 0 radical (unpaired) electrons. The summed E-state index contributed by atoms with van der Waals surface area (Å²) in [7, 11) is 0. The Morgan fingerprint density at radius 2 is 1.63 bits per heavy atom. The van der Waals surface area contributed by atoms with Crippen molar-refractivity contribution in [2.75, 3.05) is 65.7 Å². The van der Waals surface area contributed by atoms with Crippen LogP contribution in [0.5, 0.6) is 5.75 Å². The van der Waals surface area contributed by atoms with E-state index in [9.17, 15) is 19.2 Å². The third-order valence-electron chi connectivity index (χ3n) is 9.33. The number of alkyl carbamates (subject to hydrolysis) is 1. The highest BCUT2D eigenvalue weighted by atomic mass is 16.6. The molecule has 3 heterocycles. The lowest BCUT2D eigenvalue weighted by Crippen LogP contribution is -2.62. The van der Waals surface area contributed by atoms with Gasteiger partial charge in [0.1, 0.15) is 24.6 Å². The monoisotopic (exact) mass is 707 g/mol. The van der Waals surface area contributed by atoms with Crippen molar-refractivity contribution in [1.82, 2.24) is 25.8 Å². The molecular formula is C38H53N5O8. The van der Waals surface area contributed by atoms with Gasteiger partial charge >= 0.3 is 12.1 Å². The molecule has 3 saturated heterocycles. The largest absolute Gasteiger partial charge is 0.492 e. The molecule has 13 nitrogen and oxygen atoms in total. The summed E-state index contributed by atoms with van der Waals surface area (Å²) < 4.78 is 22.3. The van der Waals surface area contributed by atoms with Gasteiger partial charge in [-0.2, -0.15) is 0 Å². The Bertz CT molecular complexity index is 1460. The number of rotatable bonds is 13. The number of urea groups is 1. The van der Waals surface area contributed by atoms with Gasteiger partial charge in [0.15, 0.2) is 0 Å². The highest BCUT2D eigenvalue weighted by molar-refractivity contribution is 5.79. The van der Waals surface area contributed by atoms with E-state index in [-0.39, 0.29) is 62.2 Å². The van der Waals surface area contributed by atoms with Crippen LogP contribution in [0.4, 0.5) is 9.59 Å². The van der Waals surface area contributed by atoms with Gasteiger partial charge in [-0.3, -0.25) is 9.59 Å². The van der Waals surface area contributed by atoms with Crippen LogP contribution in [-0.2, 0) is 23.8 Å². The van der Waals surface area contributed by atoms with E-state index >= 15 is 0 Å². The predicted octanol–water partition coefficient (Wildman–Crippen LogP) is 3.67. The highest BCUT2D eigenvalue weighted by Gasteiger charge is 2.38. The molecule has 3 aliphatic heterocycles. The summed E-state index contributed by atoms with van der Waals surface area (Å²) in [4.78, 5) is 53.1. The first kappa shape index (κ1) is 37.9. The number of nitrogens with zero attached hydrogens (tertiary/aromatic N) is 2. The fraction of sp³-hybridized carbons (Fsp3) is 0.579. The van der Waals surface area contributed by atoms with Crippen LogP contribution in [-0.4, -0.2) is 117 Å². The van der Waals surface area contributed by atoms with Gasteiger partial charge in [0.2, 0.25) is 11.8 Å². The Labute approximate surface area is 300 Å². The van der Waals surface area contributed by atoms with E-state index in [0.717, 1.165) is 30.6 Å². The van der Waals surface area contributed by atoms with Crippen LogP contribution in [0.25, 0.3) is 0 Å². The molecule has 0 saturated carbocycles. The van der Waals surface area contributed by atoms with E-state index in [0.29, 0.717) is 51.8 Å². The van der Waals surface area contributed by atoms with Crippen molar-refractivity contribution in [3.63, 3.8) is 0 Å². The number of morpholine rings is 1. The number of nitrogens with one attached hydrogen (secondary N) is 3. The topological polar surface area (TPSA) is 148 Å². The highest BCUT2D eigenvalue weighted by Crippen LogP contribution is 2.39. The van der Waals surface area contributed by atoms with Crippen LogP contribution >= 0.6 is 0 Å². The van der Waals surface area contributed by atoms with E-state index in [2.05, 4.69) is 52.3 Å². The van der Waals surface area contributed by atoms with Crippen molar-refractivity contribution < 1.29 is 38.1 Å². The van der Waals surface area contributed by atoms with E-state index < -0.39 is 11.7 Å². The summed E-state index contributed by atoms with van der Waals surface area (Å²) >= 11 is 0. The molecule has 13 heteroatoms. The van der Waals surface area contributed by atoms with Gasteiger partial charge in [0.25, 0.3) is 0 Å². The van der Waals surface area contributed by atoms with Crippen molar-refractivity contribution in [3.05, 3.63) is 65.7 Å². The average Bonchev–Trinajstić information content (AvgIpc) is 3.11. The summed E-state index contributed by atoms with van der Waals surface area (Å²) in [5, 5.41) is 8.46. The molecule has 3 atom stereocenters.